The van der Waals surface area contributed by atoms with Crippen LogP contribution in [0, 0.1) is 0 Å². The maximum absolute atomic E-state index is 12.7. The molecule has 0 bridgehead atoms. The minimum Gasteiger partial charge on any atom is -0.350 e. The van der Waals surface area contributed by atoms with Gasteiger partial charge in [-0.2, -0.15) is 0 Å². The van der Waals surface area contributed by atoms with Gasteiger partial charge in [0.15, 0.2) is 0 Å². The summed E-state index contributed by atoms with van der Waals surface area (Å²) in [7, 11) is 0. The first-order valence-corrected chi connectivity index (χ1v) is 10.5. The van der Waals surface area contributed by atoms with Crippen LogP contribution in [0.25, 0.3) is 32.7 Å². The van der Waals surface area contributed by atoms with E-state index < -0.39 is 0 Å². The van der Waals surface area contributed by atoms with Gasteiger partial charge in [0.1, 0.15) is 0 Å². The molecule has 2 aromatic heterocycles. The first-order valence-electron chi connectivity index (χ1n) is 10.5. The van der Waals surface area contributed by atoms with Crippen LogP contribution in [0.4, 0.5) is 0 Å². The number of nitrogens with zero attached hydrogens (tertiary/aromatic N) is 2. The molecule has 0 aliphatic heterocycles. The molecule has 0 saturated carbocycles. The van der Waals surface area contributed by atoms with Crippen LogP contribution in [0.5, 0.6) is 0 Å². The molecule has 3 aromatic carbocycles. The van der Waals surface area contributed by atoms with Gasteiger partial charge in [-0.3, -0.25) is 24.5 Å². The highest BCUT2D eigenvalue weighted by molar-refractivity contribution is 5.99. The second-order valence-corrected chi connectivity index (χ2v) is 7.71. The molecule has 0 aliphatic carbocycles. The van der Waals surface area contributed by atoms with Gasteiger partial charge in [0, 0.05) is 24.5 Å². The summed E-state index contributed by atoms with van der Waals surface area (Å²) in [5.74, 6) is -0.244. The Kier molecular flexibility index (Phi) is 5.28. The van der Waals surface area contributed by atoms with Gasteiger partial charge in [0.05, 0.1) is 17.3 Å². The van der Waals surface area contributed by atoms with Gasteiger partial charge < -0.3 is 5.32 Å². The lowest BCUT2D eigenvalue weighted by Gasteiger charge is -2.10. The SMILES string of the molecule is O=C(NCCn1[nH]c(=O)c2ccccc2c1=O)c1ccc2cc(-c3ccncc3)ccc2c1. The summed E-state index contributed by atoms with van der Waals surface area (Å²) in [6.45, 7) is 0.361. The van der Waals surface area contributed by atoms with E-state index in [2.05, 4.69) is 21.5 Å². The number of aromatic amines is 1. The fourth-order valence-corrected chi connectivity index (χ4v) is 3.90. The Hall–Kier alpha value is -4.52. The Labute approximate surface area is 188 Å². The van der Waals surface area contributed by atoms with Gasteiger partial charge in [0.2, 0.25) is 0 Å². The minimum absolute atomic E-state index is 0.160. The molecule has 5 aromatic rings. The Balaban J connectivity index is 1.30. The number of pyridine rings is 1. The van der Waals surface area contributed by atoms with Crippen LogP contribution >= 0.6 is 0 Å². The number of carbonyl (C=O) groups is 1. The third-order valence-corrected chi connectivity index (χ3v) is 5.62. The van der Waals surface area contributed by atoms with E-state index in [0.717, 1.165) is 21.9 Å². The molecule has 0 fully saturated rings. The van der Waals surface area contributed by atoms with Gasteiger partial charge >= 0.3 is 0 Å². The monoisotopic (exact) mass is 436 g/mol. The normalized spacial score (nSPS) is 11.0. The summed E-state index contributed by atoms with van der Waals surface area (Å²) in [6.07, 6.45) is 3.52. The Morgan fingerprint density at radius 1 is 0.848 bits per heavy atom. The van der Waals surface area contributed by atoms with Gasteiger partial charge in [-0.15, -0.1) is 0 Å². The lowest BCUT2D eigenvalue weighted by Crippen LogP contribution is -2.35. The topological polar surface area (TPSA) is 96.9 Å². The van der Waals surface area contributed by atoms with Crippen molar-refractivity contribution in [2.45, 2.75) is 6.54 Å². The van der Waals surface area contributed by atoms with E-state index in [9.17, 15) is 14.4 Å². The average Bonchev–Trinajstić information content (AvgIpc) is 2.86. The van der Waals surface area contributed by atoms with E-state index in [1.807, 2.05) is 36.4 Å². The number of hydrogen-bond acceptors (Lipinski definition) is 4. The molecule has 1 amide bonds. The highest BCUT2D eigenvalue weighted by Crippen LogP contribution is 2.24. The van der Waals surface area contributed by atoms with Crippen molar-refractivity contribution in [1.29, 1.82) is 0 Å². The first-order chi connectivity index (χ1) is 16.1. The van der Waals surface area contributed by atoms with Crippen molar-refractivity contribution in [2.75, 3.05) is 6.54 Å². The molecule has 0 spiro atoms. The average molecular weight is 436 g/mol. The van der Waals surface area contributed by atoms with Crippen LogP contribution in [-0.2, 0) is 6.54 Å². The number of nitrogens with one attached hydrogen (secondary N) is 2. The van der Waals surface area contributed by atoms with Crippen LogP contribution in [-0.4, -0.2) is 27.2 Å². The second kappa shape index (κ2) is 8.55. The molecule has 162 valence electrons. The van der Waals surface area contributed by atoms with E-state index in [0.29, 0.717) is 16.3 Å². The second-order valence-electron chi connectivity index (χ2n) is 7.71. The number of H-pyrrole nitrogens is 1. The summed E-state index contributed by atoms with van der Waals surface area (Å²) < 4.78 is 1.23. The number of carbonyl (C=O) groups excluding carboxylic acids is 1. The number of amides is 1. The van der Waals surface area contributed by atoms with Gasteiger partial charge in [0.25, 0.3) is 17.0 Å². The molecule has 33 heavy (non-hydrogen) atoms. The quantitative estimate of drug-likeness (QED) is 0.442. The van der Waals surface area contributed by atoms with E-state index in [4.69, 9.17) is 0 Å². The van der Waals surface area contributed by atoms with Crippen LogP contribution < -0.4 is 16.4 Å². The minimum atomic E-state index is -0.336. The van der Waals surface area contributed by atoms with E-state index in [-0.39, 0.29) is 30.1 Å². The molecule has 0 saturated heterocycles. The third-order valence-electron chi connectivity index (χ3n) is 5.62. The molecule has 2 N–H and O–H groups in total. The van der Waals surface area contributed by atoms with Crippen molar-refractivity contribution in [2.24, 2.45) is 0 Å². The zero-order chi connectivity index (χ0) is 22.8. The Morgan fingerprint density at radius 2 is 1.58 bits per heavy atom. The summed E-state index contributed by atoms with van der Waals surface area (Å²) in [4.78, 5) is 41.5. The molecule has 5 rings (SSSR count). The van der Waals surface area contributed by atoms with Gasteiger partial charge in [-0.1, -0.05) is 30.3 Å². The van der Waals surface area contributed by atoms with Crippen molar-refractivity contribution < 1.29 is 4.79 Å². The Bertz CT molecular complexity index is 1600. The molecule has 2 heterocycles. The summed E-state index contributed by atoms with van der Waals surface area (Å²) in [5, 5.41) is 8.08. The number of benzene rings is 3. The zero-order valence-corrected chi connectivity index (χ0v) is 17.6. The number of fused-ring (bicyclic) bond motifs is 2. The van der Waals surface area contributed by atoms with Crippen molar-refractivity contribution in [3.05, 3.63) is 111 Å². The first kappa shape index (κ1) is 20.4. The molecule has 7 heteroatoms. The van der Waals surface area contributed by atoms with Crippen molar-refractivity contribution in [3.8, 4) is 11.1 Å². The fourth-order valence-electron chi connectivity index (χ4n) is 3.90. The highest BCUT2D eigenvalue weighted by atomic mass is 16.2. The highest BCUT2D eigenvalue weighted by Gasteiger charge is 2.09. The van der Waals surface area contributed by atoms with Crippen LogP contribution in [0.2, 0.25) is 0 Å². The molecule has 0 radical (unpaired) electrons. The lowest BCUT2D eigenvalue weighted by atomic mass is 10.0. The Morgan fingerprint density at radius 3 is 2.39 bits per heavy atom. The molecular formula is C26H20N4O3. The number of rotatable bonds is 5. The summed E-state index contributed by atoms with van der Waals surface area (Å²) in [6, 6.07) is 22.2. The lowest BCUT2D eigenvalue weighted by molar-refractivity contribution is 0.0952. The van der Waals surface area contributed by atoms with Crippen LogP contribution in [0.3, 0.4) is 0 Å². The van der Waals surface area contributed by atoms with Crippen molar-refractivity contribution in [3.63, 3.8) is 0 Å². The molecule has 0 atom stereocenters. The smallest absolute Gasteiger partial charge is 0.273 e. The maximum Gasteiger partial charge on any atom is 0.273 e. The summed E-state index contributed by atoms with van der Waals surface area (Å²) in [5.41, 5.74) is 2.05. The van der Waals surface area contributed by atoms with E-state index in [1.54, 1.807) is 42.7 Å². The van der Waals surface area contributed by atoms with Crippen molar-refractivity contribution in [1.82, 2.24) is 20.1 Å². The number of hydrogen-bond donors (Lipinski definition) is 2. The fraction of sp³-hybridized carbons (Fsp3) is 0.0769. The molecule has 0 unspecified atom stereocenters. The molecule has 7 nitrogen and oxygen atoms in total. The van der Waals surface area contributed by atoms with Crippen LogP contribution in [0.15, 0.2) is 94.8 Å². The number of aromatic nitrogens is 3. The predicted molar refractivity (Wildman–Crippen MR) is 128 cm³/mol. The van der Waals surface area contributed by atoms with E-state index >= 15 is 0 Å². The zero-order valence-electron chi connectivity index (χ0n) is 17.6. The molecule has 0 aliphatic rings. The van der Waals surface area contributed by atoms with E-state index in [1.165, 1.54) is 4.68 Å². The summed E-state index contributed by atoms with van der Waals surface area (Å²) >= 11 is 0. The third kappa shape index (κ3) is 4.04. The van der Waals surface area contributed by atoms with Crippen molar-refractivity contribution >= 4 is 27.5 Å². The standard InChI is InChI=1S/C26H20N4O3/c31-24(28-13-14-30-26(33)23-4-2-1-3-22(23)25(32)29-30)21-8-7-19-15-18(5-6-20(19)16-21)17-9-11-27-12-10-17/h1-12,15-16H,13-14H2,(H,28,31)(H,29,32). The predicted octanol–water partition coefficient (Wildman–Crippen LogP) is 3.34. The molecular weight excluding hydrogens is 416 g/mol. The van der Waals surface area contributed by atoms with Gasteiger partial charge in [-0.05, 0) is 64.4 Å². The maximum atomic E-state index is 12.7. The largest absolute Gasteiger partial charge is 0.350 e. The van der Waals surface area contributed by atoms with Gasteiger partial charge in [-0.25, -0.2) is 4.68 Å². The van der Waals surface area contributed by atoms with Crippen LogP contribution in [0.1, 0.15) is 10.4 Å².